The van der Waals surface area contributed by atoms with Crippen LogP contribution in [0.1, 0.15) is 27.7 Å². The molecule has 0 atom stereocenters. The van der Waals surface area contributed by atoms with Gasteiger partial charge in [0, 0.05) is 0 Å². The van der Waals surface area contributed by atoms with Crippen LogP contribution < -0.4 is 0 Å². The number of rotatable bonds is 4. The van der Waals surface area contributed by atoms with Gasteiger partial charge in [0.15, 0.2) is 0 Å². The summed E-state index contributed by atoms with van der Waals surface area (Å²) >= 11 is 0. The van der Waals surface area contributed by atoms with Gasteiger partial charge in [-0.25, -0.2) is 24.3 Å². The van der Waals surface area contributed by atoms with Crippen LogP contribution in [0.15, 0.2) is 60.7 Å². The Balaban J connectivity index is -0.000000202. The van der Waals surface area contributed by atoms with E-state index in [2.05, 4.69) is 10.6 Å². The zero-order valence-electron chi connectivity index (χ0n) is 14.0. The van der Waals surface area contributed by atoms with Crippen molar-refractivity contribution >= 4 is 0 Å². The molecule has 0 aliphatic carbocycles. The molecule has 0 saturated carbocycles. The van der Waals surface area contributed by atoms with Crippen LogP contribution in [0.3, 0.4) is 0 Å². The van der Waals surface area contributed by atoms with Crippen molar-refractivity contribution in [2.24, 2.45) is 0 Å². The first-order valence-electron chi connectivity index (χ1n) is 7.43. The third-order valence-electron chi connectivity index (χ3n) is 2.01. The van der Waals surface area contributed by atoms with E-state index >= 15 is 0 Å². The molecule has 0 spiro atoms. The Bertz CT molecular complexity index is 220. The zero-order valence-corrected chi connectivity index (χ0v) is 17.6. The Labute approximate surface area is 150 Å². The molecule has 0 saturated heterocycles. The SMILES string of the molecule is CC[N-]CC.CC[N-]CC.[Hf+4].c1cc[cH-]c1.c1cc[cH-]c1. The Morgan fingerprint density at radius 3 is 0.857 bits per heavy atom. The van der Waals surface area contributed by atoms with Crippen LogP contribution in [0, 0.1) is 0 Å². The fourth-order valence-electron chi connectivity index (χ4n) is 1.09. The molecule has 0 fully saturated rings. The normalized spacial score (nSPS) is 7.81. The second-order valence-corrected chi connectivity index (χ2v) is 3.64. The van der Waals surface area contributed by atoms with Gasteiger partial charge in [0.25, 0.3) is 0 Å². The van der Waals surface area contributed by atoms with Crippen molar-refractivity contribution in [1.82, 2.24) is 0 Å². The van der Waals surface area contributed by atoms with E-state index in [0.29, 0.717) is 0 Å². The second kappa shape index (κ2) is 27.8. The summed E-state index contributed by atoms with van der Waals surface area (Å²) < 4.78 is 0. The van der Waals surface area contributed by atoms with Crippen molar-refractivity contribution in [2.45, 2.75) is 27.7 Å². The van der Waals surface area contributed by atoms with E-state index < -0.39 is 0 Å². The van der Waals surface area contributed by atoms with E-state index in [9.17, 15) is 0 Å². The predicted octanol–water partition coefficient (Wildman–Crippen LogP) is 5.61. The quantitative estimate of drug-likeness (QED) is 0.426. The predicted molar refractivity (Wildman–Crippen MR) is 93.0 cm³/mol. The number of nitrogens with zero attached hydrogens (tertiary/aromatic N) is 2. The van der Waals surface area contributed by atoms with Gasteiger partial charge in [-0.05, 0) is 0 Å². The first-order chi connectivity index (χ1) is 9.83. The van der Waals surface area contributed by atoms with Gasteiger partial charge in [0.2, 0.25) is 0 Å². The van der Waals surface area contributed by atoms with Gasteiger partial charge in [-0.1, -0.05) is 27.7 Å². The minimum Gasteiger partial charge on any atom is -0.663 e. The van der Waals surface area contributed by atoms with Crippen molar-refractivity contribution < 1.29 is 25.8 Å². The summed E-state index contributed by atoms with van der Waals surface area (Å²) in [5.74, 6) is 0. The van der Waals surface area contributed by atoms with Crippen LogP contribution in [0.5, 0.6) is 0 Å². The molecule has 0 aliphatic heterocycles. The molecule has 0 amide bonds. The molecule has 21 heavy (non-hydrogen) atoms. The summed E-state index contributed by atoms with van der Waals surface area (Å²) in [5.41, 5.74) is 0. The second-order valence-electron chi connectivity index (χ2n) is 3.64. The molecule has 0 unspecified atom stereocenters. The molecule has 0 N–H and O–H groups in total. The molecular weight excluding hydrogens is 423 g/mol. The van der Waals surface area contributed by atoms with Crippen molar-refractivity contribution in [2.75, 3.05) is 26.2 Å². The minimum absolute atomic E-state index is 0. The Hall–Kier alpha value is -0.510. The topological polar surface area (TPSA) is 28.2 Å². The van der Waals surface area contributed by atoms with Crippen LogP contribution in [-0.4, -0.2) is 26.2 Å². The molecule has 0 heterocycles. The van der Waals surface area contributed by atoms with Crippen LogP contribution >= 0.6 is 0 Å². The third-order valence-corrected chi connectivity index (χ3v) is 2.01. The first kappa shape index (κ1) is 25.4. The summed E-state index contributed by atoms with van der Waals surface area (Å²) in [6.07, 6.45) is 0. The van der Waals surface area contributed by atoms with E-state index in [-0.39, 0.29) is 25.8 Å². The van der Waals surface area contributed by atoms with E-state index in [4.69, 9.17) is 0 Å². The molecule has 0 radical (unpaired) electrons. The molecule has 2 aromatic rings. The maximum Gasteiger partial charge on any atom is 4.00 e. The van der Waals surface area contributed by atoms with Crippen LogP contribution in [0.2, 0.25) is 0 Å². The standard InChI is InChI=1S/2C5H5.2C4H10N.Hf/c2*1-2-4-5-3-1;2*1-3-5-4-2;/h2*1-5H;2*3-4H2,1-2H3;/q4*-1;+4. The Morgan fingerprint density at radius 1 is 0.571 bits per heavy atom. The van der Waals surface area contributed by atoms with E-state index in [1.54, 1.807) is 0 Å². The van der Waals surface area contributed by atoms with E-state index in [0.717, 1.165) is 26.2 Å². The summed E-state index contributed by atoms with van der Waals surface area (Å²) in [7, 11) is 0. The molecule has 3 heteroatoms. The Morgan fingerprint density at radius 2 is 0.810 bits per heavy atom. The summed E-state index contributed by atoms with van der Waals surface area (Å²) in [4.78, 5) is 0. The third kappa shape index (κ3) is 32.8. The van der Waals surface area contributed by atoms with Gasteiger partial charge >= 0.3 is 25.8 Å². The summed E-state index contributed by atoms with van der Waals surface area (Å²) in [6.45, 7) is 12.1. The molecule has 116 valence electrons. The van der Waals surface area contributed by atoms with Crippen molar-refractivity contribution in [3.05, 3.63) is 71.3 Å². The van der Waals surface area contributed by atoms with Crippen LogP contribution in [0.4, 0.5) is 0 Å². The molecule has 2 rings (SSSR count). The largest absolute Gasteiger partial charge is 4.00 e. The van der Waals surface area contributed by atoms with Crippen molar-refractivity contribution in [1.29, 1.82) is 0 Å². The average Bonchev–Trinajstić information content (AvgIpc) is 3.20. The average molecular weight is 453 g/mol. The molecule has 0 aromatic heterocycles. The van der Waals surface area contributed by atoms with Gasteiger partial charge in [0.1, 0.15) is 0 Å². The Kier molecular flexibility index (Phi) is 33.6. The van der Waals surface area contributed by atoms with Gasteiger partial charge < -0.3 is 10.6 Å². The number of hydrogen-bond donors (Lipinski definition) is 0. The van der Waals surface area contributed by atoms with Gasteiger partial charge in [-0.15, -0.1) is 0 Å². The maximum atomic E-state index is 3.97. The monoisotopic (exact) mass is 454 g/mol. The fourth-order valence-corrected chi connectivity index (χ4v) is 1.09. The van der Waals surface area contributed by atoms with Crippen LogP contribution in [0.25, 0.3) is 10.6 Å². The molecular formula is C18H30HfN2. The fraction of sp³-hybridized carbons (Fsp3) is 0.444. The van der Waals surface area contributed by atoms with Crippen LogP contribution in [-0.2, 0) is 25.8 Å². The smallest absolute Gasteiger partial charge is 0.663 e. The van der Waals surface area contributed by atoms with Crippen molar-refractivity contribution in [3.63, 3.8) is 0 Å². The summed E-state index contributed by atoms with van der Waals surface area (Å²) in [5, 5.41) is 7.94. The molecule has 0 aliphatic rings. The first-order valence-corrected chi connectivity index (χ1v) is 7.43. The minimum atomic E-state index is 0. The van der Waals surface area contributed by atoms with E-state index in [1.807, 2.05) is 88.4 Å². The van der Waals surface area contributed by atoms with Gasteiger partial charge in [-0.3, -0.25) is 0 Å². The number of hydrogen-bond acceptors (Lipinski definition) is 0. The molecule has 2 nitrogen and oxygen atoms in total. The van der Waals surface area contributed by atoms with E-state index in [1.165, 1.54) is 0 Å². The van der Waals surface area contributed by atoms with Gasteiger partial charge in [-0.2, -0.15) is 62.6 Å². The molecule has 2 aromatic carbocycles. The van der Waals surface area contributed by atoms with Gasteiger partial charge in [0.05, 0.1) is 0 Å². The molecule has 0 bridgehead atoms. The maximum absolute atomic E-state index is 3.97. The zero-order chi connectivity index (χ0) is 15.3. The van der Waals surface area contributed by atoms with Crippen molar-refractivity contribution in [3.8, 4) is 0 Å². The summed E-state index contributed by atoms with van der Waals surface area (Å²) in [6, 6.07) is 20.0.